The number of nitrogens with zero attached hydrogens (tertiary/aromatic N) is 2. The number of thiazole rings is 1. The van der Waals surface area contributed by atoms with Crippen molar-refractivity contribution >= 4 is 17.2 Å². The van der Waals surface area contributed by atoms with Gasteiger partial charge in [-0.1, -0.05) is 23.8 Å². The zero-order chi connectivity index (χ0) is 15.1. The van der Waals surface area contributed by atoms with Gasteiger partial charge in [0.05, 0.1) is 11.8 Å². The molecular weight excluding hydrogens is 284 g/mol. The van der Waals surface area contributed by atoms with Crippen LogP contribution >= 0.6 is 11.3 Å². The quantitative estimate of drug-likeness (QED) is 0.927. The molecule has 0 atom stereocenters. The molecule has 1 aliphatic heterocycles. The Kier molecular flexibility index (Phi) is 3.55. The second-order valence-electron chi connectivity index (χ2n) is 5.62. The van der Waals surface area contributed by atoms with Crippen LogP contribution in [-0.2, 0) is 0 Å². The number of β-amino-alcohol motifs (C(OH)–C–C–N with tert-alkyl or cyclic N) is 1. The molecule has 2 aromatic rings. The van der Waals surface area contributed by atoms with E-state index in [1.165, 1.54) is 22.5 Å². The average Bonchev–Trinajstić information content (AvgIpc) is 2.76. The number of hydrogen-bond donors (Lipinski definition) is 1. The van der Waals surface area contributed by atoms with Crippen LogP contribution in [0.5, 0.6) is 0 Å². The lowest BCUT2D eigenvalue weighted by Crippen LogP contribution is -2.53. The maximum atomic E-state index is 12.4. The molecule has 21 heavy (non-hydrogen) atoms. The fourth-order valence-corrected chi connectivity index (χ4v) is 3.65. The van der Waals surface area contributed by atoms with Gasteiger partial charge in [-0.3, -0.25) is 4.79 Å². The van der Waals surface area contributed by atoms with E-state index < -0.39 is 0 Å². The summed E-state index contributed by atoms with van der Waals surface area (Å²) in [4.78, 5) is 19.3. The highest BCUT2D eigenvalue weighted by molar-refractivity contribution is 7.17. The van der Waals surface area contributed by atoms with Crippen molar-refractivity contribution < 1.29 is 9.90 Å². The number of aliphatic hydroxyl groups excluding tert-OH is 1. The Labute approximate surface area is 128 Å². The van der Waals surface area contributed by atoms with Crippen molar-refractivity contribution in [2.45, 2.75) is 26.9 Å². The molecule has 4 nitrogen and oxygen atoms in total. The molecule has 0 unspecified atom stereocenters. The van der Waals surface area contributed by atoms with Crippen molar-refractivity contribution in [1.82, 2.24) is 9.88 Å². The topological polar surface area (TPSA) is 53.4 Å². The summed E-state index contributed by atoms with van der Waals surface area (Å²) >= 11 is 1.44. The Balaban J connectivity index is 1.92. The van der Waals surface area contributed by atoms with Crippen LogP contribution in [0.1, 0.15) is 26.5 Å². The first-order valence-corrected chi connectivity index (χ1v) is 7.79. The molecule has 1 aromatic heterocycles. The molecule has 5 heteroatoms. The smallest absolute Gasteiger partial charge is 0.266 e. The highest BCUT2D eigenvalue weighted by atomic mass is 32.1. The van der Waals surface area contributed by atoms with Crippen LogP contribution in [0.4, 0.5) is 0 Å². The van der Waals surface area contributed by atoms with Crippen LogP contribution in [0.15, 0.2) is 18.2 Å². The van der Waals surface area contributed by atoms with Crippen molar-refractivity contribution in [3.63, 3.8) is 0 Å². The van der Waals surface area contributed by atoms with E-state index >= 15 is 0 Å². The number of carbonyl (C=O) groups is 1. The van der Waals surface area contributed by atoms with Crippen LogP contribution in [-0.4, -0.2) is 40.1 Å². The number of aromatic nitrogens is 1. The Morgan fingerprint density at radius 3 is 2.67 bits per heavy atom. The molecule has 1 aromatic carbocycles. The first kappa shape index (κ1) is 14.2. The van der Waals surface area contributed by atoms with E-state index in [1.807, 2.05) is 6.92 Å². The molecule has 1 saturated heterocycles. The minimum absolute atomic E-state index is 0.0219. The number of benzene rings is 1. The summed E-state index contributed by atoms with van der Waals surface area (Å²) in [6, 6.07) is 6.25. The first-order chi connectivity index (χ1) is 9.95. The van der Waals surface area contributed by atoms with E-state index in [0.717, 1.165) is 16.3 Å². The van der Waals surface area contributed by atoms with E-state index in [9.17, 15) is 9.90 Å². The van der Waals surface area contributed by atoms with Gasteiger partial charge in [-0.05, 0) is 26.3 Å². The molecule has 0 bridgehead atoms. The Hall–Kier alpha value is -1.72. The Morgan fingerprint density at radius 2 is 2.05 bits per heavy atom. The van der Waals surface area contributed by atoms with Gasteiger partial charge in [-0.25, -0.2) is 4.98 Å². The summed E-state index contributed by atoms with van der Waals surface area (Å²) in [7, 11) is 0. The van der Waals surface area contributed by atoms with E-state index in [2.05, 4.69) is 37.0 Å². The molecule has 1 aliphatic rings. The molecular formula is C16H18N2O2S. The minimum Gasteiger partial charge on any atom is -0.389 e. The van der Waals surface area contributed by atoms with Crippen molar-refractivity contribution in [2.75, 3.05) is 13.1 Å². The normalized spacial score (nSPS) is 15.1. The standard InChI is InChI=1S/C16H18N2O2S/c1-9-4-5-13(10(2)6-9)15-17-11(3)14(21-15)16(20)18-7-12(19)8-18/h4-6,12,19H,7-8H2,1-3H3. The molecule has 0 saturated carbocycles. The highest BCUT2D eigenvalue weighted by Crippen LogP contribution is 2.32. The second-order valence-corrected chi connectivity index (χ2v) is 6.61. The van der Waals surface area contributed by atoms with Crippen molar-refractivity contribution in [3.05, 3.63) is 39.9 Å². The van der Waals surface area contributed by atoms with Crippen molar-refractivity contribution in [1.29, 1.82) is 0 Å². The molecule has 1 amide bonds. The SMILES string of the molecule is Cc1ccc(-c2nc(C)c(C(=O)N3CC(O)C3)s2)c(C)c1. The number of likely N-dealkylation sites (tertiary alicyclic amines) is 1. The zero-order valence-electron chi connectivity index (χ0n) is 12.4. The van der Waals surface area contributed by atoms with E-state index in [4.69, 9.17) is 0 Å². The summed E-state index contributed by atoms with van der Waals surface area (Å²) < 4.78 is 0. The maximum Gasteiger partial charge on any atom is 0.266 e. The largest absolute Gasteiger partial charge is 0.389 e. The lowest BCUT2D eigenvalue weighted by molar-refractivity contribution is 0.00616. The molecule has 110 valence electrons. The van der Waals surface area contributed by atoms with Gasteiger partial charge in [0, 0.05) is 18.7 Å². The summed E-state index contributed by atoms with van der Waals surface area (Å²) in [6.45, 7) is 6.84. The van der Waals surface area contributed by atoms with Crippen LogP contribution in [0.25, 0.3) is 10.6 Å². The fourth-order valence-electron chi connectivity index (χ4n) is 2.53. The molecule has 3 rings (SSSR count). The number of hydrogen-bond acceptors (Lipinski definition) is 4. The third-order valence-electron chi connectivity index (χ3n) is 3.75. The predicted octanol–water partition coefficient (Wildman–Crippen LogP) is 2.55. The van der Waals surface area contributed by atoms with Gasteiger partial charge in [0.2, 0.25) is 0 Å². The summed E-state index contributed by atoms with van der Waals surface area (Å²) in [5.41, 5.74) is 4.23. The molecule has 0 radical (unpaired) electrons. The average molecular weight is 302 g/mol. The predicted molar refractivity (Wildman–Crippen MR) is 83.7 cm³/mol. The van der Waals surface area contributed by atoms with Gasteiger partial charge < -0.3 is 10.0 Å². The zero-order valence-corrected chi connectivity index (χ0v) is 13.2. The summed E-state index contributed by atoms with van der Waals surface area (Å²) in [5, 5.41) is 10.2. The number of aliphatic hydroxyl groups is 1. The first-order valence-electron chi connectivity index (χ1n) is 6.98. The minimum atomic E-state index is -0.374. The molecule has 1 N–H and O–H groups in total. The third kappa shape index (κ3) is 2.59. The summed E-state index contributed by atoms with van der Waals surface area (Å²) in [5.74, 6) is -0.0219. The van der Waals surface area contributed by atoms with Gasteiger partial charge >= 0.3 is 0 Å². The van der Waals surface area contributed by atoms with E-state index in [1.54, 1.807) is 4.90 Å². The van der Waals surface area contributed by atoms with Gasteiger partial charge in [0.25, 0.3) is 5.91 Å². The molecule has 1 fully saturated rings. The van der Waals surface area contributed by atoms with Gasteiger partial charge in [0.15, 0.2) is 0 Å². The second kappa shape index (κ2) is 5.24. The van der Waals surface area contributed by atoms with Gasteiger partial charge in [-0.2, -0.15) is 0 Å². The molecule has 0 spiro atoms. The van der Waals surface area contributed by atoms with Crippen molar-refractivity contribution in [3.8, 4) is 10.6 Å². The van der Waals surface area contributed by atoms with Crippen LogP contribution in [0.3, 0.4) is 0 Å². The Bertz CT molecular complexity index is 702. The lowest BCUT2D eigenvalue weighted by atomic mass is 10.1. The lowest BCUT2D eigenvalue weighted by Gasteiger charge is -2.35. The maximum absolute atomic E-state index is 12.4. The van der Waals surface area contributed by atoms with Gasteiger partial charge in [-0.15, -0.1) is 11.3 Å². The number of amides is 1. The Morgan fingerprint density at radius 1 is 1.33 bits per heavy atom. The van der Waals surface area contributed by atoms with E-state index in [-0.39, 0.29) is 12.0 Å². The number of carbonyl (C=O) groups excluding carboxylic acids is 1. The monoisotopic (exact) mass is 302 g/mol. The molecule has 0 aliphatic carbocycles. The fraction of sp³-hybridized carbons (Fsp3) is 0.375. The van der Waals surface area contributed by atoms with Gasteiger partial charge in [0.1, 0.15) is 9.88 Å². The summed E-state index contributed by atoms with van der Waals surface area (Å²) in [6.07, 6.45) is -0.374. The third-order valence-corrected chi connectivity index (χ3v) is 4.93. The molecule has 2 heterocycles. The van der Waals surface area contributed by atoms with E-state index in [0.29, 0.717) is 18.0 Å². The van der Waals surface area contributed by atoms with Crippen LogP contribution in [0.2, 0.25) is 0 Å². The van der Waals surface area contributed by atoms with Crippen LogP contribution in [0, 0.1) is 20.8 Å². The highest BCUT2D eigenvalue weighted by Gasteiger charge is 2.31. The van der Waals surface area contributed by atoms with Crippen molar-refractivity contribution in [2.24, 2.45) is 0 Å². The number of rotatable bonds is 2. The number of aryl methyl sites for hydroxylation is 3. The van der Waals surface area contributed by atoms with Crippen LogP contribution < -0.4 is 0 Å².